The van der Waals surface area contributed by atoms with Crippen molar-refractivity contribution in [2.75, 3.05) is 0 Å². The summed E-state index contributed by atoms with van der Waals surface area (Å²) >= 11 is 0. The van der Waals surface area contributed by atoms with Gasteiger partial charge in [-0.15, -0.1) is 0 Å². The highest BCUT2D eigenvalue weighted by Crippen LogP contribution is 2.30. The molecule has 21 heavy (non-hydrogen) atoms. The van der Waals surface area contributed by atoms with Crippen LogP contribution in [0.3, 0.4) is 0 Å². The maximum Gasteiger partial charge on any atom is 0.194 e. The molecule has 2 aromatic rings. The van der Waals surface area contributed by atoms with E-state index in [1.54, 1.807) is 0 Å². The van der Waals surface area contributed by atoms with Gasteiger partial charge < -0.3 is 5.11 Å². The van der Waals surface area contributed by atoms with Crippen molar-refractivity contribution >= 4 is 5.78 Å². The Labute approximate surface area is 126 Å². The molecule has 0 saturated carbocycles. The van der Waals surface area contributed by atoms with E-state index < -0.39 is 5.60 Å². The second-order valence-electron chi connectivity index (χ2n) is 6.21. The molecule has 0 saturated heterocycles. The van der Waals surface area contributed by atoms with Gasteiger partial charge in [0.1, 0.15) is 5.60 Å². The van der Waals surface area contributed by atoms with E-state index in [0.29, 0.717) is 11.5 Å². The molecule has 0 heterocycles. The van der Waals surface area contributed by atoms with Crippen molar-refractivity contribution in [3.63, 3.8) is 0 Å². The summed E-state index contributed by atoms with van der Waals surface area (Å²) in [5.41, 5.74) is 2.25. The zero-order valence-corrected chi connectivity index (χ0v) is 13.1. The normalized spacial score (nSPS) is 11.7. The van der Waals surface area contributed by atoms with Crippen LogP contribution in [-0.2, 0) is 0 Å². The standard InChI is InChI=1S/C19H22O2/c1-13(2)15-10-11-16(18(20)19(3,4)21)17(12-15)14-8-6-5-7-9-14/h5-13,21H,1-4H3. The van der Waals surface area contributed by atoms with Crippen LogP contribution in [0.4, 0.5) is 0 Å². The summed E-state index contributed by atoms with van der Waals surface area (Å²) in [4.78, 5) is 12.5. The summed E-state index contributed by atoms with van der Waals surface area (Å²) in [5.74, 6) is 0.135. The minimum absolute atomic E-state index is 0.253. The van der Waals surface area contributed by atoms with Gasteiger partial charge in [-0.25, -0.2) is 0 Å². The largest absolute Gasteiger partial charge is 0.382 e. The van der Waals surface area contributed by atoms with Gasteiger partial charge in [-0.1, -0.05) is 62.4 Å². The molecule has 2 aromatic carbocycles. The summed E-state index contributed by atoms with van der Waals surface area (Å²) in [6.07, 6.45) is 0. The smallest absolute Gasteiger partial charge is 0.194 e. The molecular formula is C19H22O2. The molecule has 2 heteroatoms. The fourth-order valence-electron chi connectivity index (χ4n) is 2.31. The number of aliphatic hydroxyl groups is 1. The van der Waals surface area contributed by atoms with Crippen molar-refractivity contribution in [2.45, 2.75) is 39.2 Å². The number of hydrogen-bond acceptors (Lipinski definition) is 2. The van der Waals surface area contributed by atoms with E-state index in [0.717, 1.165) is 11.1 Å². The van der Waals surface area contributed by atoms with Crippen LogP contribution in [0, 0.1) is 0 Å². The Morgan fingerprint density at radius 1 is 1.05 bits per heavy atom. The van der Waals surface area contributed by atoms with Gasteiger partial charge in [0.2, 0.25) is 0 Å². The monoisotopic (exact) mass is 282 g/mol. The van der Waals surface area contributed by atoms with E-state index in [1.807, 2.05) is 42.5 Å². The summed E-state index contributed by atoms with van der Waals surface area (Å²) < 4.78 is 0. The van der Waals surface area contributed by atoms with Gasteiger partial charge in [0.25, 0.3) is 0 Å². The highest BCUT2D eigenvalue weighted by molar-refractivity contribution is 6.06. The Morgan fingerprint density at radius 3 is 2.19 bits per heavy atom. The van der Waals surface area contributed by atoms with Gasteiger partial charge in [-0.2, -0.15) is 0 Å². The Morgan fingerprint density at radius 2 is 1.67 bits per heavy atom. The van der Waals surface area contributed by atoms with Gasteiger partial charge in [-0.3, -0.25) is 4.79 Å². The third-order valence-corrected chi connectivity index (χ3v) is 3.60. The van der Waals surface area contributed by atoms with E-state index in [4.69, 9.17) is 0 Å². The quantitative estimate of drug-likeness (QED) is 0.842. The second-order valence-corrected chi connectivity index (χ2v) is 6.21. The first kappa shape index (κ1) is 15.5. The molecule has 0 aromatic heterocycles. The van der Waals surface area contributed by atoms with Crippen LogP contribution in [-0.4, -0.2) is 16.5 Å². The number of benzene rings is 2. The Bertz CT molecular complexity index is 634. The summed E-state index contributed by atoms with van der Waals surface area (Å²) in [5, 5.41) is 10.0. The lowest BCUT2D eigenvalue weighted by atomic mass is 9.87. The lowest BCUT2D eigenvalue weighted by molar-refractivity contribution is 0.0488. The number of carbonyl (C=O) groups is 1. The van der Waals surface area contributed by atoms with Crippen LogP contribution in [0.2, 0.25) is 0 Å². The SMILES string of the molecule is CC(C)c1ccc(C(=O)C(C)(C)O)c(-c2ccccc2)c1. The van der Waals surface area contributed by atoms with Crippen molar-refractivity contribution in [3.8, 4) is 11.1 Å². The van der Waals surface area contributed by atoms with E-state index >= 15 is 0 Å². The number of ketones is 1. The van der Waals surface area contributed by atoms with Gasteiger partial charge in [0.15, 0.2) is 5.78 Å². The third kappa shape index (κ3) is 3.40. The molecule has 0 aliphatic rings. The molecule has 110 valence electrons. The first-order chi connectivity index (χ1) is 9.80. The van der Waals surface area contributed by atoms with Crippen LogP contribution in [0.15, 0.2) is 48.5 Å². The molecule has 0 aliphatic carbocycles. The molecule has 0 fully saturated rings. The van der Waals surface area contributed by atoms with E-state index in [-0.39, 0.29) is 5.78 Å². The van der Waals surface area contributed by atoms with Gasteiger partial charge >= 0.3 is 0 Å². The molecule has 0 bridgehead atoms. The summed E-state index contributed by atoms with van der Waals surface area (Å²) in [7, 11) is 0. The summed E-state index contributed by atoms with van der Waals surface area (Å²) in [6, 6.07) is 15.7. The lowest BCUT2D eigenvalue weighted by Crippen LogP contribution is -2.31. The van der Waals surface area contributed by atoms with Crippen LogP contribution >= 0.6 is 0 Å². The highest BCUT2D eigenvalue weighted by Gasteiger charge is 2.27. The van der Waals surface area contributed by atoms with E-state index in [1.165, 1.54) is 19.4 Å². The molecule has 0 radical (unpaired) electrons. The van der Waals surface area contributed by atoms with E-state index in [2.05, 4.69) is 19.9 Å². The highest BCUT2D eigenvalue weighted by atomic mass is 16.3. The minimum atomic E-state index is -1.37. The fraction of sp³-hybridized carbons (Fsp3) is 0.316. The van der Waals surface area contributed by atoms with Crippen LogP contribution < -0.4 is 0 Å². The van der Waals surface area contributed by atoms with Crippen molar-refractivity contribution in [3.05, 3.63) is 59.7 Å². The Hall–Kier alpha value is -1.93. The molecular weight excluding hydrogens is 260 g/mol. The van der Waals surface area contributed by atoms with Crippen molar-refractivity contribution < 1.29 is 9.90 Å². The first-order valence-electron chi connectivity index (χ1n) is 7.27. The van der Waals surface area contributed by atoms with Crippen molar-refractivity contribution in [1.29, 1.82) is 0 Å². The Balaban J connectivity index is 2.63. The van der Waals surface area contributed by atoms with Crippen LogP contribution in [0.5, 0.6) is 0 Å². The maximum absolute atomic E-state index is 12.5. The molecule has 0 aliphatic heterocycles. The predicted molar refractivity (Wildman–Crippen MR) is 86.6 cm³/mol. The lowest BCUT2D eigenvalue weighted by Gasteiger charge is -2.19. The number of hydrogen-bond donors (Lipinski definition) is 1. The fourth-order valence-corrected chi connectivity index (χ4v) is 2.31. The molecule has 2 rings (SSSR count). The molecule has 0 unspecified atom stereocenters. The second kappa shape index (κ2) is 5.82. The summed E-state index contributed by atoms with van der Waals surface area (Å²) in [6.45, 7) is 7.31. The maximum atomic E-state index is 12.5. The van der Waals surface area contributed by atoms with Crippen LogP contribution in [0.1, 0.15) is 49.5 Å². The zero-order chi connectivity index (χ0) is 15.6. The molecule has 0 amide bonds. The average Bonchev–Trinajstić information content (AvgIpc) is 2.45. The zero-order valence-electron chi connectivity index (χ0n) is 13.1. The van der Waals surface area contributed by atoms with Crippen LogP contribution in [0.25, 0.3) is 11.1 Å². The van der Waals surface area contributed by atoms with E-state index in [9.17, 15) is 9.90 Å². The number of rotatable bonds is 4. The van der Waals surface area contributed by atoms with Crippen molar-refractivity contribution in [1.82, 2.24) is 0 Å². The molecule has 0 atom stereocenters. The van der Waals surface area contributed by atoms with Gasteiger partial charge in [0.05, 0.1) is 0 Å². The molecule has 2 nitrogen and oxygen atoms in total. The average molecular weight is 282 g/mol. The molecule has 1 N–H and O–H groups in total. The van der Waals surface area contributed by atoms with Gasteiger partial charge in [0, 0.05) is 5.56 Å². The Kier molecular flexibility index (Phi) is 4.29. The topological polar surface area (TPSA) is 37.3 Å². The third-order valence-electron chi connectivity index (χ3n) is 3.60. The predicted octanol–water partition coefficient (Wildman–Crippen LogP) is 4.43. The molecule has 0 spiro atoms. The number of carbonyl (C=O) groups excluding carboxylic acids is 1. The number of Topliss-reactive ketones (excluding diaryl/α,β-unsaturated/α-hetero) is 1. The van der Waals surface area contributed by atoms with Crippen molar-refractivity contribution in [2.24, 2.45) is 0 Å². The minimum Gasteiger partial charge on any atom is -0.382 e. The van der Waals surface area contributed by atoms with Gasteiger partial charge in [-0.05, 0) is 36.5 Å². The first-order valence-corrected chi connectivity index (χ1v) is 7.27.